The molecule has 16 heavy (non-hydrogen) atoms. The van der Waals surface area contributed by atoms with Gasteiger partial charge in [-0.15, -0.1) is 0 Å². The molecule has 1 amide bonds. The Bertz CT molecular complexity index is 366. The van der Waals surface area contributed by atoms with Gasteiger partial charge in [-0.1, -0.05) is 13.0 Å². The topological polar surface area (TPSA) is 66.6 Å². The van der Waals surface area contributed by atoms with Crippen LogP contribution in [0.1, 0.15) is 17.3 Å². The molecular weight excluding hydrogens is 204 g/mol. The maximum atomic E-state index is 11.9. The molecule has 0 aliphatic rings. The zero-order chi connectivity index (χ0) is 12.1. The largest absolute Gasteiger partial charge is 0.508 e. The van der Waals surface area contributed by atoms with Crippen LogP contribution in [-0.4, -0.2) is 36.1 Å². The Morgan fingerprint density at radius 1 is 1.56 bits per heavy atom. The molecule has 0 heterocycles. The van der Waals surface area contributed by atoms with Crippen molar-refractivity contribution < 1.29 is 9.90 Å². The minimum Gasteiger partial charge on any atom is -0.508 e. The van der Waals surface area contributed by atoms with E-state index in [-0.39, 0.29) is 17.6 Å². The minimum atomic E-state index is -0.101. The fourth-order valence-electron chi connectivity index (χ4n) is 1.48. The Labute approximate surface area is 95.7 Å². The molecular formula is C12H18N2O2. The number of phenols is 1. The Kier molecular flexibility index (Phi) is 4.31. The first-order chi connectivity index (χ1) is 7.54. The summed E-state index contributed by atoms with van der Waals surface area (Å²) in [4.78, 5) is 13.5. The quantitative estimate of drug-likeness (QED) is 0.800. The van der Waals surface area contributed by atoms with Crippen LogP contribution in [0.5, 0.6) is 5.75 Å². The molecule has 0 saturated carbocycles. The summed E-state index contributed by atoms with van der Waals surface area (Å²) in [5.74, 6) is 0.272. The standard InChI is InChI=1S/C12H18N2O2/c1-9(7-13)8-14(2)12(16)10-4-3-5-11(15)6-10/h3-6,9,15H,7-8,13H2,1-2H3. The van der Waals surface area contributed by atoms with Gasteiger partial charge in [-0.25, -0.2) is 0 Å². The predicted molar refractivity (Wildman–Crippen MR) is 63.3 cm³/mol. The van der Waals surface area contributed by atoms with Crippen molar-refractivity contribution in [2.75, 3.05) is 20.1 Å². The van der Waals surface area contributed by atoms with Gasteiger partial charge in [0.05, 0.1) is 0 Å². The van der Waals surface area contributed by atoms with E-state index in [1.807, 2.05) is 6.92 Å². The van der Waals surface area contributed by atoms with Gasteiger partial charge in [0.2, 0.25) is 0 Å². The molecule has 3 N–H and O–H groups in total. The summed E-state index contributed by atoms with van der Waals surface area (Å²) in [6, 6.07) is 6.35. The molecule has 0 aliphatic carbocycles. The van der Waals surface area contributed by atoms with Gasteiger partial charge in [0.15, 0.2) is 0 Å². The monoisotopic (exact) mass is 222 g/mol. The van der Waals surface area contributed by atoms with Gasteiger partial charge >= 0.3 is 0 Å². The molecule has 1 atom stereocenters. The molecule has 1 unspecified atom stereocenters. The van der Waals surface area contributed by atoms with Crippen molar-refractivity contribution in [1.29, 1.82) is 0 Å². The first-order valence-corrected chi connectivity index (χ1v) is 5.29. The van der Waals surface area contributed by atoms with Gasteiger partial charge in [-0.2, -0.15) is 0 Å². The zero-order valence-electron chi connectivity index (χ0n) is 9.68. The van der Waals surface area contributed by atoms with Crippen LogP contribution in [0.15, 0.2) is 24.3 Å². The van der Waals surface area contributed by atoms with E-state index < -0.39 is 0 Å². The Morgan fingerprint density at radius 2 is 2.25 bits per heavy atom. The van der Waals surface area contributed by atoms with Crippen LogP contribution < -0.4 is 5.73 Å². The van der Waals surface area contributed by atoms with E-state index in [0.29, 0.717) is 18.7 Å². The van der Waals surface area contributed by atoms with Crippen LogP contribution in [-0.2, 0) is 0 Å². The second kappa shape index (κ2) is 5.51. The third kappa shape index (κ3) is 3.24. The lowest BCUT2D eigenvalue weighted by molar-refractivity contribution is 0.0777. The molecule has 4 heteroatoms. The number of rotatable bonds is 4. The number of aromatic hydroxyl groups is 1. The van der Waals surface area contributed by atoms with Gasteiger partial charge in [-0.3, -0.25) is 4.79 Å². The van der Waals surface area contributed by atoms with Crippen LogP contribution >= 0.6 is 0 Å². The van der Waals surface area contributed by atoms with Crippen molar-refractivity contribution in [3.63, 3.8) is 0 Å². The highest BCUT2D eigenvalue weighted by atomic mass is 16.3. The lowest BCUT2D eigenvalue weighted by Gasteiger charge is -2.20. The molecule has 0 fully saturated rings. The number of carbonyl (C=O) groups excluding carboxylic acids is 1. The second-order valence-electron chi connectivity index (χ2n) is 4.08. The highest BCUT2D eigenvalue weighted by molar-refractivity contribution is 5.94. The number of hydrogen-bond acceptors (Lipinski definition) is 3. The fourth-order valence-corrected chi connectivity index (χ4v) is 1.48. The van der Waals surface area contributed by atoms with E-state index in [1.54, 1.807) is 30.1 Å². The molecule has 88 valence electrons. The van der Waals surface area contributed by atoms with E-state index in [9.17, 15) is 9.90 Å². The van der Waals surface area contributed by atoms with Crippen molar-refractivity contribution >= 4 is 5.91 Å². The molecule has 1 aromatic rings. The van der Waals surface area contributed by atoms with Crippen LogP contribution in [0.25, 0.3) is 0 Å². The van der Waals surface area contributed by atoms with E-state index in [2.05, 4.69) is 0 Å². The van der Waals surface area contributed by atoms with Crippen molar-refractivity contribution in [2.24, 2.45) is 11.7 Å². The molecule has 0 aliphatic heterocycles. The van der Waals surface area contributed by atoms with E-state index in [1.165, 1.54) is 6.07 Å². The Hall–Kier alpha value is -1.55. The van der Waals surface area contributed by atoms with Crippen molar-refractivity contribution in [3.8, 4) is 5.75 Å². The lowest BCUT2D eigenvalue weighted by atomic mass is 10.1. The molecule has 0 spiro atoms. The summed E-state index contributed by atoms with van der Waals surface area (Å²) in [6.07, 6.45) is 0. The van der Waals surface area contributed by atoms with E-state index in [4.69, 9.17) is 5.73 Å². The molecule has 0 aromatic heterocycles. The molecule has 0 saturated heterocycles. The van der Waals surface area contributed by atoms with Crippen LogP contribution in [0, 0.1) is 5.92 Å². The minimum absolute atomic E-state index is 0.101. The van der Waals surface area contributed by atoms with Crippen LogP contribution in [0.2, 0.25) is 0 Å². The highest BCUT2D eigenvalue weighted by Gasteiger charge is 2.13. The van der Waals surface area contributed by atoms with Crippen LogP contribution in [0.3, 0.4) is 0 Å². The van der Waals surface area contributed by atoms with Crippen molar-refractivity contribution in [1.82, 2.24) is 4.90 Å². The van der Waals surface area contributed by atoms with Gasteiger partial charge in [0, 0.05) is 19.2 Å². The summed E-state index contributed by atoms with van der Waals surface area (Å²) < 4.78 is 0. The Balaban J connectivity index is 2.70. The van der Waals surface area contributed by atoms with E-state index in [0.717, 1.165) is 0 Å². The SMILES string of the molecule is CC(CN)CN(C)C(=O)c1cccc(O)c1. The first kappa shape index (κ1) is 12.5. The van der Waals surface area contributed by atoms with Gasteiger partial charge in [-0.05, 0) is 30.7 Å². The normalized spacial score (nSPS) is 12.2. The maximum absolute atomic E-state index is 11.9. The number of hydrogen-bond donors (Lipinski definition) is 2. The highest BCUT2D eigenvalue weighted by Crippen LogP contribution is 2.13. The zero-order valence-corrected chi connectivity index (χ0v) is 9.68. The fraction of sp³-hybridized carbons (Fsp3) is 0.417. The number of benzene rings is 1. The molecule has 0 bridgehead atoms. The van der Waals surface area contributed by atoms with Gasteiger partial charge in [0.25, 0.3) is 5.91 Å². The maximum Gasteiger partial charge on any atom is 0.253 e. The number of amides is 1. The number of carbonyl (C=O) groups is 1. The summed E-state index contributed by atoms with van der Waals surface area (Å²) in [5.41, 5.74) is 6.00. The first-order valence-electron chi connectivity index (χ1n) is 5.29. The number of nitrogens with zero attached hydrogens (tertiary/aromatic N) is 1. The van der Waals surface area contributed by atoms with E-state index >= 15 is 0 Å². The lowest BCUT2D eigenvalue weighted by Crippen LogP contribution is -2.33. The van der Waals surface area contributed by atoms with Crippen molar-refractivity contribution in [3.05, 3.63) is 29.8 Å². The predicted octanol–water partition coefficient (Wildman–Crippen LogP) is 1.06. The average Bonchev–Trinajstić information content (AvgIpc) is 2.27. The summed E-state index contributed by atoms with van der Waals surface area (Å²) >= 11 is 0. The second-order valence-corrected chi connectivity index (χ2v) is 4.08. The summed E-state index contributed by atoms with van der Waals surface area (Å²) in [5, 5.41) is 9.28. The van der Waals surface area contributed by atoms with Gasteiger partial charge in [0.1, 0.15) is 5.75 Å². The third-order valence-electron chi connectivity index (χ3n) is 2.43. The number of nitrogens with two attached hydrogens (primary N) is 1. The molecule has 1 rings (SSSR count). The molecule has 1 aromatic carbocycles. The van der Waals surface area contributed by atoms with Gasteiger partial charge < -0.3 is 15.7 Å². The smallest absolute Gasteiger partial charge is 0.253 e. The summed E-state index contributed by atoms with van der Waals surface area (Å²) in [7, 11) is 1.73. The average molecular weight is 222 g/mol. The number of phenolic OH excluding ortho intramolecular Hbond substituents is 1. The summed E-state index contributed by atoms with van der Waals surface area (Å²) in [6.45, 7) is 3.16. The Morgan fingerprint density at radius 3 is 2.81 bits per heavy atom. The third-order valence-corrected chi connectivity index (χ3v) is 2.43. The van der Waals surface area contributed by atoms with Crippen molar-refractivity contribution in [2.45, 2.75) is 6.92 Å². The molecule has 4 nitrogen and oxygen atoms in total. The molecule has 0 radical (unpaired) electrons. The van der Waals surface area contributed by atoms with Crippen LogP contribution in [0.4, 0.5) is 0 Å².